The van der Waals surface area contributed by atoms with Crippen LogP contribution in [0.5, 0.6) is 0 Å². The highest BCUT2D eigenvalue weighted by Crippen LogP contribution is 2.25. The molecule has 29 heavy (non-hydrogen) atoms. The lowest BCUT2D eigenvalue weighted by Gasteiger charge is -2.13. The highest BCUT2D eigenvalue weighted by atomic mass is 19.1. The van der Waals surface area contributed by atoms with E-state index in [0.717, 1.165) is 24.9 Å². The van der Waals surface area contributed by atoms with E-state index in [0.29, 0.717) is 5.82 Å². The van der Waals surface area contributed by atoms with Crippen LogP contribution in [0.4, 0.5) is 27.4 Å². The molecule has 0 saturated carbocycles. The van der Waals surface area contributed by atoms with Crippen molar-refractivity contribution in [2.24, 2.45) is 0 Å². The number of anilines is 4. The molecule has 0 saturated heterocycles. The summed E-state index contributed by atoms with van der Waals surface area (Å²) in [5, 5.41) is 3.14. The molecule has 5 N–H and O–H groups in total. The first-order chi connectivity index (χ1) is 14.1. The van der Waals surface area contributed by atoms with Gasteiger partial charge >= 0.3 is 0 Å². The first-order valence-corrected chi connectivity index (χ1v) is 9.35. The first kappa shape index (κ1) is 20.1. The number of aryl methyl sites for hydroxylation is 1. The van der Waals surface area contributed by atoms with Crippen LogP contribution < -0.4 is 21.9 Å². The van der Waals surface area contributed by atoms with Gasteiger partial charge in [0.15, 0.2) is 11.6 Å². The van der Waals surface area contributed by atoms with Crippen molar-refractivity contribution >= 4 is 28.9 Å². The molecule has 0 spiro atoms. The van der Waals surface area contributed by atoms with Crippen LogP contribution in [0.2, 0.25) is 0 Å². The fourth-order valence-corrected chi connectivity index (χ4v) is 2.70. The van der Waals surface area contributed by atoms with Crippen molar-refractivity contribution in [3.05, 3.63) is 71.8 Å². The van der Waals surface area contributed by atoms with Crippen molar-refractivity contribution < 1.29 is 9.18 Å². The normalized spacial score (nSPS) is 10.4. The fourth-order valence-electron chi connectivity index (χ4n) is 2.70. The zero-order valence-corrected chi connectivity index (χ0v) is 16.1. The van der Waals surface area contributed by atoms with E-state index >= 15 is 0 Å². The summed E-state index contributed by atoms with van der Waals surface area (Å²) in [4.78, 5) is 20.3. The number of nitrogen functional groups attached to an aromatic ring is 1. The third kappa shape index (κ3) is 5.19. The number of benzene rings is 2. The summed E-state index contributed by atoms with van der Waals surface area (Å²) in [5.74, 6) is -0.666. The van der Waals surface area contributed by atoms with Crippen LogP contribution in [-0.4, -0.2) is 15.9 Å². The molecule has 8 heteroatoms. The van der Waals surface area contributed by atoms with Crippen molar-refractivity contribution in [3.63, 3.8) is 0 Å². The largest absolute Gasteiger partial charge is 0.393 e. The van der Waals surface area contributed by atoms with Gasteiger partial charge < -0.3 is 11.1 Å². The predicted molar refractivity (Wildman–Crippen MR) is 112 cm³/mol. The number of hydrogen-bond acceptors (Lipinski definition) is 6. The van der Waals surface area contributed by atoms with E-state index < -0.39 is 11.7 Å². The van der Waals surface area contributed by atoms with Gasteiger partial charge in [-0.15, -0.1) is 0 Å². The maximum Gasteiger partial charge on any atom is 0.272 e. The summed E-state index contributed by atoms with van der Waals surface area (Å²) >= 11 is 0. The van der Waals surface area contributed by atoms with Gasteiger partial charge in [0.1, 0.15) is 17.8 Å². The maximum atomic E-state index is 13.7. The fraction of sp³-hybridized carbons (Fsp3) is 0.190. The molecular formula is C21H23FN6O. The summed E-state index contributed by atoms with van der Waals surface area (Å²) in [6.45, 7) is 2.16. The van der Waals surface area contributed by atoms with E-state index in [4.69, 9.17) is 5.73 Å². The molecule has 0 unspecified atom stereocenters. The Hall–Kier alpha value is -3.68. The molecule has 2 aromatic carbocycles. The van der Waals surface area contributed by atoms with Crippen LogP contribution in [0, 0.1) is 5.82 Å². The van der Waals surface area contributed by atoms with Gasteiger partial charge in [0, 0.05) is 5.69 Å². The van der Waals surface area contributed by atoms with E-state index in [-0.39, 0.29) is 17.1 Å². The summed E-state index contributed by atoms with van der Waals surface area (Å²) < 4.78 is 13.7. The van der Waals surface area contributed by atoms with Gasteiger partial charge in [-0.25, -0.2) is 14.4 Å². The molecule has 1 amide bonds. The average molecular weight is 394 g/mol. The van der Waals surface area contributed by atoms with Gasteiger partial charge in [-0.3, -0.25) is 15.6 Å². The molecule has 0 atom stereocenters. The molecule has 150 valence electrons. The minimum absolute atomic E-state index is 0.0888. The number of nitrogens with one attached hydrogen (secondary N) is 3. The van der Waals surface area contributed by atoms with E-state index in [1.54, 1.807) is 6.07 Å². The number of halogens is 1. The SMILES string of the molecule is CCCCc1ccc(Nc2ncnc(NNC(=O)c3ccccc3F)c2N)cc1. The number of amides is 1. The van der Waals surface area contributed by atoms with E-state index in [1.807, 2.05) is 12.1 Å². The summed E-state index contributed by atoms with van der Waals surface area (Å²) in [7, 11) is 0. The number of nitrogens with zero attached hydrogens (tertiary/aromatic N) is 2. The Labute approximate surface area is 168 Å². The molecule has 0 radical (unpaired) electrons. The molecule has 3 rings (SSSR count). The zero-order valence-electron chi connectivity index (χ0n) is 16.1. The quantitative estimate of drug-likeness (QED) is 0.430. The second kappa shape index (κ2) is 9.50. The number of carbonyl (C=O) groups excluding carboxylic acids is 1. The number of hydrogen-bond donors (Lipinski definition) is 4. The number of nitrogens with two attached hydrogens (primary N) is 1. The zero-order chi connectivity index (χ0) is 20.6. The van der Waals surface area contributed by atoms with Crippen LogP contribution >= 0.6 is 0 Å². The smallest absolute Gasteiger partial charge is 0.272 e. The number of carbonyl (C=O) groups is 1. The van der Waals surface area contributed by atoms with Gasteiger partial charge in [0.05, 0.1) is 5.56 Å². The van der Waals surface area contributed by atoms with Crippen LogP contribution in [0.15, 0.2) is 54.9 Å². The van der Waals surface area contributed by atoms with Gasteiger partial charge in [0.2, 0.25) is 0 Å². The predicted octanol–water partition coefficient (Wildman–Crippen LogP) is 4.04. The van der Waals surface area contributed by atoms with E-state index in [2.05, 4.69) is 45.2 Å². The molecule has 0 fully saturated rings. The number of aromatic nitrogens is 2. The highest BCUT2D eigenvalue weighted by Gasteiger charge is 2.13. The Kier molecular flexibility index (Phi) is 6.57. The van der Waals surface area contributed by atoms with Gasteiger partial charge in [-0.1, -0.05) is 37.6 Å². The van der Waals surface area contributed by atoms with Crippen LogP contribution in [0.3, 0.4) is 0 Å². The van der Waals surface area contributed by atoms with Crippen molar-refractivity contribution in [3.8, 4) is 0 Å². The highest BCUT2D eigenvalue weighted by molar-refractivity contribution is 5.95. The molecule has 0 bridgehead atoms. The lowest BCUT2D eigenvalue weighted by Crippen LogP contribution is -2.31. The molecule has 1 heterocycles. The second-order valence-electron chi connectivity index (χ2n) is 6.47. The van der Waals surface area contributed by atoms with Gasteiger partial charge in [-0.05, 0) is 42.7 Å². The minimum atomic E-state index is -0.640. The summed E-state index contributed by atoms with van der Waals surface area (Å²) in [6.07, 6.45) is 4.66. The summed E-state index contributed by atoms with van der Waals surface area (Å²) in [5.41, 5.74) is 13.3. The molecule has 0 aliphatic heterocycles. The number of rotatable bonds is 8. The van der Waals surface area contributed by atoms with Crippen molar-refractivity contribution in [1.82, 2.24) is 15.4 Å². The van der Waals surface area contributed by atoms with E-state index in [9.17, 15) is 9.18 Å². The number of hydrazine groups is 1. The van der Waals surface area contributed by atoms with Gasteiger partial charge in [-0.2, -0.15) is 0 Å². The Bertz CT molecular complexity index is 977. The van der Waals surface area contributed by atoms with Crippen molar-refractivity contribution in [1.29, 1.82) is 0 Å². The number of unbranched alkanes of at least 4 members (excludes halogenated alkanes) is 1. The summed E-state index contributed by atoms with van der Waals surface area (Å²) in [6, 6.07) is 13.7. The standard InChI is InChI=1S/C21H23FN6O/c1-2-3-6-14-9-11-15(12-10-14)26-19-18(23)20(25-13-24-19)27-28-21(29)16-7-4-5-8-17(16)22/h4-5,7-13H,2-3,6,23H2,1H3,(H,28,29)(H2,24,25,26,27). The average Bonchev–Trinajstić information content (AvgIpc) is 2.74. The second-order valence-corrected chi connectivity index (χ2v) is 6.47. The van der Waals surface area contributed by atoms with Crippen LogP contribution in [0.25, 0.3) is 0 Å². The Morgan fingerprint density at radius 2 is 1.79 bits per heavy atom. The Morgan fingerprint density at radius 3 is 2.52 bits per heavy atom. The van der Waals surface area contributed by atoms with Crippen LogP contribution in [0.1, 0.15) is 35.7 Å². The van der Waals surface area contributed by atoms with Crippen molar-refractivity contribution in [2.45, 2.75) is 26.2 Å². The van der Waals surface area contributed by atoms with Crippen molar-refractivity contribution in [2.75, 3.05) is 16.5 Å². The lowest BCUT2D eigenvalue weighted by atomic mass is 10.1. The third-order valence-electron chi connectivity index (χ3n) is 4.33. The molecular weight excluding hydrogens is 371 g/mol. The Balaban J connectivity index is 1.66. The molecule has 7 nitrogen and oxygen atoms in total. The topological polar surface area (TPSA) is 105 Å². The minimum Gasteiger partial charge on any atom is -0.393 e. The van der Waals surface area contributed by atoms with E-state index in [1.165, 1.54) is 30.1 Å². The van der Waals surface area contributed by atoms with Crippen LogP contribution in [-0.2, 0) is 6.42 Å². The van der Waals surface area contributed by atoms with Gasteiger partial charge in [0.25, 0.3) is 5.91 Å². The monoisotopic (exact) mass is 394 g/mol. The third-order valence-corrected chi connectivity index (χ3v) is 4.33. The maximum absolute atomic E-state index is 13.7. The molecule has 0 aliphatic rings. The molecule has 1 aromatic heterocycles. The Morgan fingerprint density at radius 1 is 1.07 bits per heavy atom. The first-order valence-electron chi connectivity index (χ1n) is 9.35. The molecule has 3 aromatic rings. The lowest BCUT2D eigenvalue weighted by molar-refractivity contribution is 0.0958. The molecule has 0 aliphatic carbocycles.